The minimum atomic E-state index is -1.79. The first-order chi connectivity index (χ1) is 11.9. The zero-order valence-electron chi connectivity index (χ0n) is 17.3. The Kier molecular flexibility index (Phi) is 7.90. The molecule has 0 bridgehead atoms. The van der Waals surface area contributed by atoms with E-state index < -0.39 is 16.6 Å². The van der Waals surface area contributed by atoms with Crippen molar-refractivity contribution in [3.8, 4) is 11.5 Å². The molecule has 4 nitrogen and oxygen atoms in total. The third-order valence-electron chi connectivity index (χ3n) is 2.93. The van der Waals surface area contributed by atoms with Gasteiger partial charge in [-0.1, -0.05) is 11.6 Å². The average molecular weight is 393 g/mol. The van der Waals surface area contributed by atoms with Crippen LogP contribution in [-0.4, -0.2) is 29.2 Å². The molecule has 1 aromatic rings. The molecule has 0 atom stereocenters. The van der Waals surface area contributed by atoms with Crippen molar-refractivity contribution >= 4 is 28.7 Å². The molecule has 1 aromatic carbocycles. The predicted octanol–water partition coefficient (Wildman–Crippen LogP) is 5.64. The van der Waals surface area contributed by atoms with Crippen molar-refractivity contribution < 1.29 is 18.4 Å². The Balaban J connectivity index is 2.96. The van der Waals surface area contributed by atoms with Crippen LogP contribution in [0.3, 0.4) is 0 Å². The van der Waals surface area contributed by atoms with Crippen LogP contribution < -0.4 is 8.85 Å². The SMILES string of the molecule is CC(C)=CCOC(=O)/C=C/c1ccc(O[Si](C)(C)C)c(O[Si](C)(C)C)c1. The van der Waals surface area contributed by atoms with Crippen LogP contribution in [0, 0.1) is 0 Å². The second-order valence-corrected chi connectivity index (χ2v) is 17.2. The van der Waals surface area contributed by atoms with Gasteiger partial charge in [0.05, 0.1) is 0 Å². The summed E-state index contributed by atoms with van der Waals surface area (Å²) < 4.78 is 17.5. The van der Waals surface area contributed by atoms with Crippen LogP contribution in [0.5, 0.6) is 11.5 Å². The summed E-state index contributed by atoms with van der Waals surface area (Å²) >= 11 is 0. The van der Waals surface area contributed by atoms with Gasteiger partial charge in [-0.25, -0.2) is 4.79 Å². The summed E-state index contributed by atoms with van der Waals surface area (Å²) in [5.41, 5.74) is 1.99. The van der Waals surface area contributed by atoms with E-state index in [0.717, 1.165) is 22.6 Å². The van der Waals surface area contributed by atoms with Crippen molar-refractivity contribution in [3.05, 3.63) is 41.5 Å². The van der Waals surface area contributed by atoms with Gasteiger partial charge < -0.3 is 13.6 Å². The summed E-state index contributed by atoms with van der Waals surface area (Å²) in [7, 11) is -3.53. The number of benzene rings is 1. The Morgan fingerprint density at radius 3 is 2.08 bits per heavy atom. The summed E-state index contributed by atoms with van der Waals surface area (Å²) in [5.74, 6) is 1.15. The molecular formula is C20H32O4Si2. The lowest BCUT2D eigenvalue weighted by Gasteiger charge is -2.26. The molecule has 0 aliphatic carbocycles. The van der Waals surface area contributed by atoms with Gasteiger partial charge >= 0.3 is 5.97 Å². The smallest absolute Gasteiger partial charge is 0.331 e. The van der Waals surface area contributed by atoms with Crippen LogP contribution >= 0.6 is 0 Å². The zero-order valence-corrected chi connectivity index (χ0v) is 19.3. The van der Waals surface area contributed by atoms with E-state index in [1.54, 1.807) is 6.08 Å². The van der Waals surface area contributed by atoms with E-state index >= 15 is 0 Å². The van der Waals surface area contributed by atoms with E-state index in [1.807, 2.05) is 38.1 Å². The van der Waals surface area contributed by atoms with Gasteiger partial charge in [-0.15, -0.1) is 0 Å². The van der Waals surface area contributed by atoms with Crippen LogP contribution in [0.2, 0.25) is 39.3 Å². The molecule has 0 saturated heterocycles. The molecule has 0 unspecified atom stereocenters. The topological polar surface area (TPSA) is 44.8 Å². The fourth-order valence-electron chi connectivity index (χ4n) is 1.95. The standard InChI is InChI=1S/C20H32O4Si2/c1-16(2)13-14-22-20(21)12-10-17-9-11-18(23-25(3,4)5)19(15-17)24-26(6,7)8/h9-13,15H,14H2,1-8H3/b12-10+. The Hall–Kier alpha value is -1.80. The first-order valence-electron chi connectivity index (χ1n) is 8.86. The molecule has 0 fully saturated rings. The van der Waals surface area contributed by atoms with Crippen molar-refractivity contribution in [2.24, 2.45) is 0 Å². The molecule has 6 heteroatoms. The number of hydrogen-bond acceptors (Lipinski definition) is 4. The second kappa shape index (κ2) is 9.23. The Bertz CT molecular complexity index is 676. The van der Waals surface area contributed by atoms with Crippen LogP contribution in [0.25, 0.3) is 6.08 Å². The summed E-state index contributed by atoms with van der Waals surface area (Å²) in [6.07, 6.45) is 5.04. The van der Waals surface area contributed by atoms with Gasteiger partial charge in [-0.3, -0.25) is 0 Å². The van der Waals surface area contributed by atoms with Crippen LogP contribution in [0.15, 0.2) is 35.9 Å². The van der Waals surface area contributed by atoms with E-state index in [4.69, 9.17) is 13.6 Å². The average Bonchev–Trinajstić information content (AvgIpc) is 2.44. The lowest BCUT2D eigenvalue weighted by molar-refractivity contribution is -0.136. The normalized spacial score (nSPS) is 12.0. The summed E-state index contributed by atoms with van der Waals surface area (Å²) in [6, 6.07) is 5.77. The van der Waals surface area contributed by atoms with Gasteiger partial charge in [0.1, 0.15) is 18.1 Å². The fourth-order valence-corrected chi connectivity index (χ4v) is 3.60. The highest BCUT2D eigenvalue weighted by molar-refractivity contribution is 6.71. The molecule has 0 heterocycles. The number of esters is 1. The molecule has 0 amide bonds. The van der Waals surface area contributed by atoms with Crippen LogP contribution in [0.4, 0.5) is 0 Å². The number of carbonyl (C=O) groups is 1. The number of rotatable bonds is 8. The maximum Gasteiger partial charge on any atom is 0.331 e. The molecule has 0 spiro atoms. The molecule has 0 aliphatic heterocycles. The lowest BCUT2D eigenvalue weighted by Crippen LogP contribution is -2.32. The molecule has 0 N–H and O–H groups in total. The minimum absolute atomic E-state index is 0.290. The number of hydrogen-bond donors (Lipinski definition) is 0. The highest BCUT2D eigenvalue weighted by Gasteiger charge is 2.22. The first kappa shape index (κ1) is 22.2. The van der Waals surface area contributed by atoms with Crippen molar-refractivity contribution in [1.82, 2.24) is 0 Å². The number of carbonyl (C=O) groups excluding carboxylic acids is 1. The van der Waals surface area contributed by atoms with E-state index in [0.29, 0.717) is 6.61 Å². The van der Waals surface area contributed by atoms with Crippen molar-refractivity contribution in [1.29, 1.82) is 0 Å². The number of allylic oxidation sites excluding steroid dienone is 1. The summed E-state index contributed by atoms with van der Waals surface area (Å²) in [4.78, 5) is 11.8. The van der Waals surface area contributed by atoms with Crippen molar-refractivity contribution in [2.45, 2.75) is 53.1 Å². The maximum absolute atomic E-state index is 11.8. The second-order valence-electron chi connectivity index (χ2n) is 8.38. The maximum atomic E-state index is 11.8. The molecule has 0 aliphatic rings. The van der Waals surface area contributed by atoms with Gasteiger partial charge in [0.25, 0.3) is 0 Å². The minimum Gasteiger partial charge on any atom is -0.542 e. The Morgan fingerprint density at radius 1 is 0.962 bits per heavy atom. The third kappa shape index (κ3) is 9.63. The molecule has 144 valence electrons. The molecule has 0 aromatic heterocycles. The van der Waals surface area contributed by atoms with Gasteiger partial charge in [0.2, 0.25) is 16.6 Å². The predicted molar refractivity (Wildman–Crippen MR) is 114 cm³/mol. The highest BCUT2D eigenvalue weighted by atomic mass is 28.4. The zero-order chi connectivity index (χ0) is 20.0. The Labute approximate surface area is 160 Å². The van der Waals surface area contributed by atoms with Gasteiger partial charge in [0.15, 0.2) is 0 Å². The van der Waals surface area contributed by atoms with Gasteiger partial charge in [0, 0.05) is 6.08 Å². The third-order valence-corrected chi connectivity index (χ3v) is 4.59. The monoisotopic (exact) mass is 392 g/mol. The molecule has 0 radical (unpaired) electrons. The van der Waals surface area contributed by atoms with Crippen molar-refractivity contribution in [3.63, 3.8) is 0 Å². The lowest BCUT2D eigenvalue weighted by atomic mass is 10.2. The first-order valence-corrected chi connectivity index (χ1v) is 15.7. The summed E-state index contributed by atoms with van der Waals surface area (Å²) in [6.45, 7) is 17.0. The fraction of sp³-hybridized carbons (Fsp3) is 0.450. The van der Waals surface area contributed by atoms with Crippen LogP contribution in [-0.2, 0) is 9.53 Å². The summed E-state index contributed by atoms with van der Waals surface area (Å²) in [5, 5.41) is 0. The van der Waals surface area contributed by atoms with Gasteiger partial charge in [-0.05, 0) is 83.0 Å². The molecular weight excluding hydrogens is 360 g/mol. The van der Waals surface area contributed by atoms with Crippen LogP contribution in [0.1, 0.15) is 19.4 Å². The van der Waals surface area contributed by atoms with Crippen molar-refractivity contribution in [2.75, 3.05) is 6.61 Å². The Morgan fingerprint density at radius 2 is 1.54 bits per heavy atom. The molecule has 26 heavy (non-hydrogen) atoms. The van der Waals surface area contributed by atoms with E-state index in [1.165, 1.54) is 6.08 Å². The van der Waals surface area contributed by atoms with E-state index in [-0.39, 0.29) is 5.97 Å². The molecule has 1 rings (SSSR count). The van der Waals surface area contributed by atoms with E-state index in [2.05, 4.69) is 39.3 Å². The molecule has 0 saturated carbocycles. The van der Waals surface area contributed by atoms with Gasteiger partial charge in [-0.2, -0.15) is 0 Å². The quantitative estimate of drug-likeness (QED) is 0.249. The largest absolute Gasteiger partial charge is 0.542 e. The highest BCUT2D eigenvalue weighted by Crippen LogP contribution is 2.33. The number of ether oxygens (including phenoxy) is 1. The van der Waals surface area contributed by atoms with E-state index in [9.17, 15) is 4.79 Å².